The van der Waals surface area contributed by atoms with Crippen LogP contribution in [0.3, 0.4) is 0 Å². The quantitative estimate of drug-likeness (QED) is 0.741. The molecule has 0 aromatic heterocycles. The number of hydrogen-bond donors (Lipinski definition) is 1. The molecule has 0 spiro atoms. The molecule has 2 nitrogen and oxygen atoms in total. The third-order valence-electron chi connectivity index (χ3n) is 4.25. The van der Waals surface area contributed by atoms with Gasteiger partial charge in [0.25, 0.3) is 0 Å². The molecule has 2 aliphatic rings. The second kappa shape index (κ2) is 3.98. The Bertz CT molecular complexity index is 552. The van der Waals surface area contributed by atoms with E-state index in [9.17, 15) is 4.79 Å². The van der Waals surface area contributed by atoms with Crippen LogP contribution in [0.2, 0.25) is 0 Å². The fraction of sp³-hybridized carbons (Fsp3) is 0.438. The van der Waals surface area contributed by atoms with Crippen molar-refractivity contribution in [3.8, 4) is 0 Å². The first kappa shape index (κ1) is 11.5. The van der Waals surface area contributed by atoms with Crippen LogP contribution in [0.15, 0.2) is 29.3 Å². The summed E-state index contributed by atoms with van der Waals surface area (Å²) in [6, 6.07) is 6.32. The van der Waals surface area contributed by atoms with Crippen LogP contribution < -0.4 is 5.32 Å². The summed E-state index contributed by atoms with van der Waals surface area (Å²) in [6.45, 7) is 6.00. The molecule has 18 heavy (non-hydrogen) atoms. The van der Waals surface area contributed by atoms with Gasteiger partial charge in [-0.25, -0.2) is 0 Å². The third kappa shape index (κ3) is 1.52. The van der Waals surface area contributed by atoms with E-state index in [0.29, 0.717) is 11.8 Å². The summed E-state index contributed by atoms with van der Waals surface area (Å²) < 4.78 is 0. The predicted octanol–water partition coefficient (Wildman–Crippen LogP) is 3.96. The van der Waals surface area contributed by atoms with Crippen LogP contribution >= 0.6 is 0 Å². The fourth-order valence-electron chi connectivity index (χ4n) is 3.78. The monoisotopic (exact) mass is 241 g/mol. The minimum absolute atomic E-state index is 0.0184. The van der Waals surface area contributed by atoms with E-state index in [1.165, 1.54) is 29.5 Å². The van der Waals surface area contributed by atoms with Crippen molar-refractivity contribution in [2.45, 2.75) is 45.4 Å². The lowest BCUT2D eigenvalue weighted by Gasteiger charge is -2.18. The molecule has 2 heteroatoms. The molecule has 0 aliphatic heterocycles. The molecule has 94 valence electrons. The molecule has 2 bridgehead atoms. The lowest BCUT2D eigenvalue weighted by Crippen LogP contribution is -2.10. The summed E-state index contributed by atoms with van der Waals surface area (Å²) in [5.74, 6) is 1.16. The topological polar surface area (TPSA) is 29.1 Å². The van der Waals surface area contributed by atoms with Crippen molar-refractivity contribution in [2.75, 3.05) is 5.32 Å². The maximum absolute atomic E-state index is 11.3. The number of carbonyl (C=O) groups excluding carboxylic acids is 1. The van der Waals surface area contributed by atoms with Crippen molar-refractivity contribution in [2.24, 2.45) is 0 Å². The molecule has 3 rings (SSSR count). The first-order valence-electron chi connectivity index (χ1n) is 6.67. The summed E-state index contributed by atoms with van der Waals surface area (Å²) in [7, 11) is 0. The maximum Gasteiger partial charge on any atom is 0.221 e. The van der Waals surface area contributed by atoms with Gasteiger partial charge in [-0.1, -0.05) is 23.3 Å². The second-order valence-electron chi connectivity index (χ2n) is 5.63. The first-order chi connectivity index (χ1) is 8.59. The zero-order chi connectivity index (χ0) is 12.9. The number of allylic oxidation sites excluding steroid dienone is 2. The molecule has 0 radical (unpaired) electrons. The van der Waals surface area contributed by atoms with Gasteiger partial charge < -0.3 is 5.32 Å². The molecule has 2 aliphatic carbocycles. The van der Waals surface area contributed by atoms with Crippen LogP contribution in [0.25, 0.3) is 0 Å². The molecule has 1 aromatic carbocycles. The van der Waals surface area contributed by atoms with Gasteiger partial charge in [0.05, 0.1) is 0 Å². The van der Waals surface area contributed by atoms with Crippen LogP contribution in [0.5, 0.6) is 0 Å². The molecule has 2 unspecified atom stereocenters. The van der Waals surface area contributed by atoms with Crippen LogP contribution in [-0.2, 0) is 4.79 Å². The van der Waals surface area contributed by atoms with Crippen LogP contribution in [0.4, 0.5) is 5.69 Å². The highest BCUT2D eigenvalue weighted by Crippen LogP contribution is 2.59. The first-order valence-corrected chi connectivity index (χ1v) is 6.67. The van der Waals surface area contributed by atoms with Gasteiger partial charge in [-0.05, 0) is 43.9 Å². The standard InChI is InChI=1S/C16H19NO/c1-9(2)15-12-7-8-13(15)16-11(12)5-4-6-14(16)17-10(3)18/h4-6,12-13H,7-8H2,1-3H3,(H,17,18). The average Bonchev–Trinajstić information content (AvgIpc) is 2.84. The summed E-state index contributed by atoms with van der Waals surface area (Å²) >= 11 is 0. The van der Waals surface area contributed by atoms with E-state index in [4.69, 9.17) is 0 Å². The number of amides is 1. The van der Waals surface area contributed by atoms with Gasteiger partial charge >= 0.3 is 0 Å². The minimum atomic E-state index is 0.0184. The molecule has 1 N–H and O–H groups in total. The Morgan fingerprint density at radius 1 is 1.17 bits per heavy atom. The average molecular weight is 241 g/mol. The molecule has 1 fully saturated rings. The third-order valence-corrected chi connectivity index (χ3v) is 4.25. The van der Waals surface area contributed by atoms with Gasteiger partial charge in [0.15, 0.2) is 0 Å². The van der Waals surface area contributed by atoms with Gasteiger partial charge in [-0.2, -0.15) is 0 Å². The van der Waals surface area contributed by atoms with Gasteiger partial charge in [-0.15, -0.1) is 0 Å². The van der Waals surface area contributed by atoms with E-state index >= 15 is 0 Å². The SMILES string of the molecule is CC(=O)Nc1cccc2c1C1CCC2C1=C(C)C. The Labute approximate surface area is 108 Å². The van der Waals surface area contributed by atoms with Crippen LogP contribution in [0, 0.1) is 0 Å². The van der Waals surface area contributed by atoms with E-state index in [0.717, 1.165) is 5.69 Å². The molecule has 1 amide bonds. The Kier molecular flexibility index (Phi) is 2.54. The highest BCUT2D eigenvalue weighted by atomic mass is 16.1. The maximum atomic E-state index is 11.3. The zero-order valence-electron chi connectivity index (χ0n) is 11.2. The van der Waals surface area contributed by atoms with E-state index in [2.05, 4.69) is 31.3 Å². The Morgan fingerprint density at radius 3 is 2.56 bits per heavy atom. The minimum Gasteiger partial charge on any atom is -0.326 e. The highest BCUT2D eigenvalue weighted by Gasteiger charge is 2.43. The summed E-state index contributed by atoms with van der Waals surface area (Å²) in [5.41, 5.74) is 6.88. The number of hydrogen-bond acceptors (Lipinski definition) is 1. The number of nitrogens with one attached hydrogen (secondary N) is 1. The molecule has 0 saturated heterocycles. The van der Waals surface area contributed by atoms with Gasteiger partial charge in [0, 0.05) is 24.4 Å². The fourth-order valence-corrected chi connectivity index (χ4v) is 3.78. The van der Waals surface area contributed by atoms with Gasteiger partial charge in [0.2, 0.25) is 5.91 Å². The lowest BCUT2D eigenvalue weighted by atomic mass is 9.90. The van der Waals surface area contributed by atoms with Gasteiger partial charge in [0.1, 0.15) is 0 Å². The molecule has 0 heterocycles. The number of carbonyl (C=O) groups is 1. The zero-order valence-corrected chi connectivity index (χ0v) is 11.2. The van der Waals surface area contributed by atoms with E-state index in [-0.39, 0.29) is 5.91 Å². The molecule has 2 atom stereocenters. The van der Waals surface area contributed by atoms with E-state index < -0.39 is 0 Å². The molecule has 1 aromatic rings. The van der Waals surface area contributed by atoms with E-state index in [1.54, 1.807) is 12.5 Å². The second-order valence-corrected chi connectivity index (χ2v) is 5.63. The van der Waals surface area contributed by atoms with Crippen molar-refractivity contribution in [1.82, 2.24) is 0 Å². The Balaban J connectivity index is 2.14. The lowest BCUT2D eigenvalue weighted by molar-refractivity contribution is -0.114. The smallest absolute Gasteiger partial charge is 0.221 e. The number of benzene rings is 1. The predicted molar refractivity (Wildman–Crippen MR) is 73.8 cm³/mol. The molecular formula is C16H19NO. The van der Waals surface area contributed by atoms with Crippen LogP contribution in [-0.4, -0.2) is 5.91 Å². The number of anilines is 1. The van der Waals surface area contributed by atoms with Gasteiger partial charge in [-0.3, -0.25) is 4.79 Å². The van der Waals surface area contributed by atoms with Crippen molar-refractivity contribution >= 4 is 11.6 Å². The van der Waals surface area contributed by atoms with Crippen molar-refractivity contribution in [1.29, 1.82) is 0 Å². The molecular weight excluding hydrogens is 222 g/mol. The van der Waals surface area contributed by atoms with Crippen molar-refractivity contribution in [3.63, 3.8) is 0 Å². The van der Waals surface area contributed by atoms with E-state index in [1.807, 2.05) is 6.07 Å². The summed E-state index contributed by atoms with van der Waals surface area (Å²) in [6.07, 6.45) is 2.50. The summed E-state index contributed by atoms with van der Waals surface area (Å²) in [5, 5.41) is 2.99. The largest absolute Gasteiger partial charge is 0.326 e. The number of fused-ring (bicyclic) bond motifs is 5. The highest BCUT2D eigenvalue weighted by molar-refractivity contribution is 5.90. The van der Waals surface area contributed by atoms with Crippen molar-refractivity contribution < 1.29 is 4.79 Å². The Morgan fingerprint density at radius 2 is 1.89 bits per heavy atom. The Hall–Kier alpha value is -1.57. The van der Waals surface area contributed by atoms with Crippen molar-refractivity contribution in [3.05, 3.63) is 40.5 Å². The number of rotatable bonds is 1. The summed E-state index contributed by atoms with van der Waals surface area (Å²) in [4.78, 5) is 11.3. The van der Waals surface area contributed by atoms with Crippen LogP contribution in [0.1, 0.15) is 56.6 Å². The molecule has 1 saturated carbocycles. The normalized spacial score (nSPS) is 24.1.